The van der Waals surface area contributed by atoms with Crippen LogP contribution in [0.1, 0.15) is 6.92 Å². The minimum absolute atomic E-state index is 0.366. The van der Waals surface area contributed by atoms with Crippen molar-refractivity contribution >= 4 is 17.7 Å². The van der Waals surface area contributed by atoms with Gasteiger partial charge >= 0.3 is 0 Å². The molecule has 0 aromatic rings. The zero-order chi connectivity index (χ0) is 10.9. The molecule has 0 atom stereocenters. The fourth-order valence-electron chi connectivity index (χ4n) is 0.225. The number of carbonyl (C=O) groups excluding carboxylic acids is 3. The molecular weight excluding hydrogens is 172 g/mol. The monoisotopic (exact) mass is 184 g/mol. The summed E-state index contributed by atoms with van der Waals surface area (Å²) in [5.41, 5.74) is 4.53. The third-order valence-corrected chi connectivity index (χ3v) is 0.686. The lowest BCUT2D eigenvalue weighted by Gasteiger charge is -1.89. The Morgan fingerprint density at radius 3 is 1.69 bits per heavy atom. The number of carbonyl (C=O) groups is 3. The third kappa shape index (κ3) is 17.8. The van der Waals surface area contributed by atoms with E-state index in [0.29, 0.717) is 0 Å². The van der Waals surface area contributed by atoms with Crippen LogP contribution >= 0.6 is 0 Å². The minimum Gasteiger partial charge on any atom is -0.366 e. The highest BCUT2D eigenvalue weighted by Gasteiger charge is 1.93. The Kier molecular flexibility index (Phi) is 8.61. The molecule has 0 aromatic carbocycles. The van der Waals surface area contributed by atoms with Gasteiger partial charge in [-0.2, -0.15) is 0 Å². The van der Waals surface area contributed by atoms with Gasteiger partial charge in [0.1, 0.15) is 0 Å². The molecule has 0 aliphatic carbocycles. The zero-order valence-electron chi connectivity index (χ0n) is 7.37. The van der Waals surface area contributed by atoms with Crippen molar-refractivity contribution in [2.75, 3.05) is 0 Å². The van der Waals surface area contributed by atoms with Crippen molar-refractivity contribution in [2.24, 2.45) is 5.73 Å². The molecule has 3 N–H and O–H groups in total. The zero-order valence-corrected chi connectivity index (χ0v) is 7.37. The third-order valence-electron chi connectivity index (χ3n) is 0.686. The van der Waals surface area contributed by atoms with Crippen molar-refractivity contribution in [1.29, 1.82) is 0 Å². The molecule has 0 spiro atoms. The Bertz CT molecular complexity index is 234. The van der Waals surface area contributed by atoms with Crippen LogP contribution in [-0.4, -0.2) is 17.7 Å². The summed E-state index contributed by atoms with van der Waals surface area (Å²) < 4.78 is 0. The maximum absolute atomic E-state index is 10.2. The first-order valence-electron chi connectivity index (χ1n) is 3.29. The second-order valence-corrected chi connectivity index (χ2v) is 1.86. The number of hydrogen-bond donors (Lipinski definition) is 2. The predicted molar refractivity (Wildman–Crippen MR) is 48.4 cm³/mol. The highest BCUT2D eigenvalue weighted by molar-refractivity contribution is 5.99. The number of nitrogens with one attached hydrogen (secondary N) is 1. The molecule has 0 aromatic heterocycles. The van der Waals surface area contributed by atoms with Gasteiger partial charge in [0, 0.05) is 6.92 Å². The van der Waals surface area contributed by atoms with Crippen LogP contribution < -0.4 is 11.1 Å². The molecule has 0 radical (unpaired) electrons. The fourth-order valence-corrected chi connectivity index (χ4v) is 0.225. The number of nitrogens with two attached hydrogens (primary N) is 1. The predicted octanol–water partition coefficient (Wildman–Crippen LogP) is -0.507. The smallest absolute Gasteiger partial charge is 0.249 e. The quantitative estimate of drug-likeness (QED) is 0.566. The summed E-state index contributed by atoms with van der Waals surface area (Å²) in [6.45, 7) is 7.50. The van der Waals surface area contributed by atoms with E-state index in [4.69, 9.17) is 0 Å². The van der Waals surface area contributed by atoms with Crippen molar-refractivity contribution in [1.82, 2.24) is 5.32 Å². The van der Waals surface area contributed by atoms with E-state index in [0.717, 1.165) is 12.2 Å². The lowest BCUT2D eigenvalue weighted by molar-refractivity contribution is -0.126. The van der Waals surface area contributed by atoms with Crippen LogP contribution in [0.2, 0.25) is 0 Å². The standard InChI is InChI=1S/C5H7NO2.C3H5NO/c1-3-5(8)6-4(2)7;1-2-3(4)5/h3H,1H2,2H3,(H,6,7,8);2H,1H2,(H2,4,5). The molecular formula is C8H12N2O3. The maximum Gasteiger partial charge on any atom is 0.249 e. The highest BCUT2D eigenvalue weighted by Crippen LogP contribution is 1.64. The number of primary amides is 1. The Balaban J connectivity index is 0. The summed E-state index contributed by atoms with van der Waals surface area (Å²) in [5.74, 6) is -1.31. The molecule has 5 heteroatoms. The Morgan fingerprint density at radius 1 is 1.23 bits per heavy atom. The molecule has 72 valence electrons. The molecule has 13 heavy (non-hydrogen) atoms. The summed E-state index contributed by atoms with van der Waals surface area (Å²) in [6.07, 6.45) is 2.10. The summed E-state index contributed by atoms with van der Waals surface area (Å²) in [5, 5.41) is 2.00. The van der Waals surface area contributed by atoms with Gasteiger partial charge in [-0.25, -0.2) is 0 Å². The Hall–Kier alpha value is -1.91. The maximum atomic E-state index is 10.2. The Labute approximate surface area is 76.3 Å². The molecule has 0 aliphatic heterocycles. The van der Waals surface area contributed by atoms with Crippen molar-refractivity contribution in [3.05, 3.63) is 25.3 Å². The molecule has 0 bridgehead atoms. The van der Waals surface area contributed by atoms with Crippen molar-refractivity contribution < 1.29 is 14.4 Å². The van der Waals surface area contributed by atoms with Crippen LogP contribution in [0.15, 0.2) is 25.3 Å². The second-order valence-electron chi connectivity index (χ2n) is 1.86. The highest BCUT2D eigenvalue weighted by atomic mass is 16.2. The van der Waals surface area contributed by atoms with Gasteiger partial charge in [-0.3, -0.25) is 19.7 Å². The minimum atomic E-state index is -0.481. The van der Waals surface area contributed by atoms with Crippen molar-refractivity contribution in [3.63, 3.8) is 0 Å². The largest absolute Gasteiger partial charge is 0.366 e. The summed E-state index contributed by atoms with van der Waals surface area (Å²) >= 11 is 0. The summed E-state index contributed by atoms with van der Waals surface area (Å²) in [7, 11) is 0. The van der Waals surface area contributed by atoms with Gasteiger partial charge in [-0.1, -0.05) is 13.2 Å². The van der Waals surface area contributed by atoms with Gasteiger partial charge in [0.05, 0.1) is 0 Å². The average molecular weight is 184 g/mol. The molecule has 0 saturated carbocycles. The first-order valence-corrected chi connectivity index (χ1v) is 3.29. The van der Waals surface area contributed by atoms with E-state index in [9.17, 15) is 14.4 Å². The normalized spacial score (nSPS) is 7.15. The number of imide groups is 1. The van der Waals surface area contributed by atoms with Gasteiger partial charge in [0.25, 0.3) is 0 Å². The van der Waals surface area contributed by atoms with E-state index >= 15 is 0 Å². The molecule has 0 unspecified atom stereocenters. The first kappa shape index (κ1) is 13.7. The summed E-state index contributed by atoms with van der Waals surface area (Å²) in [4.78, 5) is 29.7. The first-order chi connectivity index (χ1) is 5.93. The lowest BCUT2D eigenvalue weighted by atomic mass is 10.5. The van der Waals surface area contributed by atoms with Crippen LogP contribution in [0.3, 0.4) is 0 Å². The number of amides is 3. The van der Waals surface area contributed by atoms with E-state index in [2.05, 4.69) is 18.9 Å². The van der Waals surface area contributed by atoms with Crippen LogP contribution in [0, 0.1) is 0 Å². The van der Waals surface area contributed by atoms with E-state index in [1.807, 2.05) is 5.32 Å². The fraction of sp³-hybridized carbons (Fsp3) is 0.125. The van der Waals surface area contributed by atoms with Crippen LogP contribution in [0.25, 0.3) is 0 Å². The molecule has 0 saturated heterocycles. The van der Waals surface area contributed by atoms with E-state index < -0.39 is 11.8 Å². The molecule has 5 nitrogen and oxygen atoms in total. The van der Waals surface area contributed by atoms with Crippen molar-refractivity contribution in [2.45, 2.75) is 6.92 Å². The Morgan fingerprint density at radius 2 is 1.62 bits per heavy atom. The van der Waals surface area contributed by atoms with Gasteiger partial charge < -0.3 is 5.73 Å². The van der Waals surface area contributed by atoms with Crippen LogP contribution in [0.5, 0.6) is 0 Å². The molecule has 0 aliphatic rings. The van der Waals surface area contributed by atoms with E-state index in [-0.39, 0.29) is 5.91 Å². The van der Waals surface area contributed by atoms with Crippen LogP contribution in [0.4, 0.5) is 0 Å². The summed E-state index contributed by atoms with van der Waals surface area (Å²) in [6, 6.07) is 0. The van der Waals surface area contributed by atoms with Gasteiger partial charge in [-0.15, -0.1) is 0 Å². The number of rotatable bonds is 2. The van der Waals surface area contributed by atoms with Gasteiger partial charge in [0.2, 0.25) is 17.7 Å². The SMILES string of the molecule is C=CC(=O)NC(C)=O.C=CC(N)=O. The van der Waals surface area contributed by atoms with Gasteiger partial charge in [-0.05, 0) is 12.2 Å². The second kappa shape index (κ2) is 8.19. The number of hydrogen-bond acceptors (Lipinski definition) is 3. The molecule has 0 rings (SSSR count). The van der Waals surface area contributed by atoms with Crippen LogP contribution in [-0.2, 0) is 14.4 Å². The average Bonchev–Trinajstić information content (AvgIpc) is 2.04. The van der Waals surface area contributed by atoms with E-state index in [1.165, 1.54) is 6.92 Å². The van der Waals surface area contributed by atoms with E-state index in [1.54, 1.807) is 0 Å². The van der Waals surface area contributed by atoms with Gasteiger partial charge in [0.15, 0.2) is 0 Å². The molecule has 0 heterocycles. The molecule has 0 fully saturated rings. The topological polar surface area (TPSA) is 89.3 Å². The van der Waals surface area contributed by atoms with Crippen molar-refractivity contribution in [3.8, 4) is 0 Å². The lowest BCUT2D eigenvalue weighted by Crippen LogP contribution is -2.25. The molecule has 3 amide bonds.